The van der Waals surface area contributed by atoms with E-state index in [9.17, 15) is 4.39 Å². The van der Waals surface area contributed by atoms with Gasteiger partial charge in [0.1, 0.15) is 5.82 Å². The molecule has 7 heteroatoms. The summed E-state index contributed by atoms with van der Waals surface area (Å²) in [5, 5.41) is 3.92. The minimum Gasteiger partial charge on any atom is -0.338 e. The molecule has 0 amide bonds. The molecule has 23 heavy (non-hydrogen) atoms. The van der Waals surface area contributed by atoms with Crippen LogP contribution in [0.3, 0.4) is 0 Å². The molecule has 0 bridgehead atoms. The largest absolute Gasteiger partial charge is 0.338 e. The Balaban J connectivity index is 1.39. The molecule has 0 atom stereocenters. The summed E-state index contributed by atoms with van der Waals surface area (Å²) in [5.74, 6) is 1.43. The Bertz CT molecular complexity index is 801. The normalized spacial score (nSPS) is 15.5. The van der Waals surface area contributed by atoms with Gasteiger partial charge < -0.3 is 4.52 Å². The third-order valence-corrected chi connectivity index (χ3v) is 3.87. The zero-order valence-corrected chi connectivity index (χ0v) is 12.3. The van der Waals surface area contributed by atoms with Crippen LogP contribution in [-0.2, 0) is 6.54 Å². The van der Waals surface area contributed by atoms with Gasteiger partial charge in [0.15, 0.2) is 0 Å². The molecule has 4 rings (SSSR count). The van der Waals surface area contributed by atoms with Gasteiger partial charge in [0.05, 0.1) is 5.92 Å². The molecule has 0 aliphatic carbocycles. The fourth-order valence-electron chi connectivity index (χ4n) is 2.63. The molecule has 1 fully saturated rings. The van der Waals surface area contributed by atoms with Crippen LogP contribution in [0, 0.1) is 5.82 Å². The number of nitrogens with zero attached hydrogens (tertiary/aromatic N) is 5. The predicted octanol–water partition coefficient (Wildman–Crippen LogP) is 2.27. The van der Waals surface area contributed by atoms with Crippen molar-refractivity contribution in [3.05, 3.63) is 60.0 Å². The second-order valence-electron chi connectivity index (χ2n) is 5.51. The second-order valence-corrected chi connectivity index (χ2v) is 5.51. The molecule has 116 valence electrons. The molecule has 2 aromatic heterocycles. The van der Waals surface area contributed by atoms with E-state index in [0.29, 0.717) is 29.6 Å². The first-order chi connectivity index (χ1) is 11.3. The van der Waals surface area contributed by atoms with Crippen LogP contribution in [-0.4, -0.2) is 38.1 Å². The van der Waals surface area contributed by atoms with Gasteiger partial charge in [0.2, 0.25) is 17.5 Å². The molecule has 1 aromatic carbocycles. The van der Waals surface area contributed by atoms with E-state index in [1.54, 1.807) is 30.6 Å². The van der Waals surface area contributed by atoms with Crippen molar-refractivity contribution in [1.82, 2.24) is 25.0 Å². The van der Waals surface area contributed by atoms with Gasteiger partial charge in [-0.1, -0.05) is 23.4 Å². The van der Waals surface area contributed by atoms with Crippen molar-refractivity contribution in [3.63, 3.8) is 0 Å². The smallest absolute Gasteiger partial charge is 0.240 e. The summed E-state index contributed by atoms with van der Waals surface area (Å²) in [6.07, 6.45) is 3.27. The maximum atomic E-state index is 13.6. The lowest BCUT2D eigenvalue weighted by Gasteiger charge is -2.37. The highest BCUT2D eigenvalue weighted by Crippen LogP contribution is 2.28. The summed E-state index contributed by atoms with van der Waals surface area (Å²) in [6, 6.07) is 8.57. The molecule has 0 spiro atoms. The summed E-state index contributed by atoms with van der Waals surface area (Å²) in [6.45, 7) is 2.13. The molecule has 0 saturated carbocycles. The molecule has 0 N–H and O–H groups in total. The summed E-state index contributed by atoms with van der Waals surface area (Å²) >= 11 is 0. The molecule has 0 radical (unpaired) electrons. The number of aromatic nitrogens is 4. The highest BCUT2D eigenvalue weighted by Gasteiger charge is 2.33. The van der Waals surface area contributed by atoms with Crippen LogP contribution in [0.2, 0.25) is 0 Å². The Morgan fingerprint density at radius 3 is 2.65 bits per heavy atom. The Labute approximate surface area is 132 Å². The fraction of sp³-hybridized carbons (Fsp3) is 0.250. The van der Waals surface area contributed by atoms with Crippen LogP contribution in [0.15, 0.2) is 47.2 Å². The first kappa shape index (κ1) is 14.0. The van der Waals surface area contributed by atoms with Gasteiger partial charge in [-0.15, -0.1) is 0 Å². The second kappa shape index (κ2) is 5.85. The van der Waals surface area contributed by atoms with Crippen molar-refractivity contribution in [2.45, 2.75) is 12.5 Å². The number of rotatable bonds is 4. The Morgan fingerprint density at radius 2 is 1.87 bits per heavy atom. The maximum absolute atomic E-state index is 13.6. The first-order valence-corrected chi connectivity index (χ1v) is 7.36. The van der Waals surface area contributed by atoms with Gasteiger partial charge in [-0.3, -0.25) is 4.90 Å². The van der Waals surface area contributed by atoms with Crippen molar-refractivity contribution in [2.75, 3.05) is 13.1 Å². The van der Waals surface area contributed by atoms with E-state index in [4.69, 9.17) is 4.52 Å². The first-order valence-electron chi connectivity index (χ1n) is 7.36. The average Bonchev–Trinajstić information content (AvgIpc) is 3.02. The quantitative estimate of drug-likeness (QED) is 0.736. The zero-order valence-electron chi connectivity index (χ0n) is 12.3. The van der Waals surface area contributed by atoms with Crippen molar-refractivity contribution in [3.8, 4) is 11.6 Å². The van der Waals surface area contributed by atoms with E-state index in [-0.39, 0.29) is 11.7 Å². The molecule has 1 aliphatic heterocycles. The lowest BCUT2D eigenvalue weighted by Crippen LogP contribution is -2.44. The molecule has 6 nitrogen and oxygen atoms in total. The standard InChI is InChI=1S/C16H14FN5O/c17-13-5-2-1-4-11(13)8-22-9-12(10-22)16-20-15(21-23-16)14-18-6-3-7-19-14/h1-7,12H,8-10H2. The van der Waals surface area contributed by atoms with Crippen molar-refractivity contribution in [2.24, 2.45) is 0 Å². The number of benzene rings is 1. The van der Waals surface area contributed by atoms with Crippen LogP contribution >= 0.6 is 0 Å². The molecular formula is C16H14FN5O. The van der Waals surface area contributed by atoms with Gasteiger partial charge >= 0.3 is 0 Å². The van der Waals surface area contributed by atoms with Gasteiger partial charge in [0, 0.05) is 37.6 Å². The summed E-state index contributed by atoms with van der Waals surface area (Å²) in [4.78, 5) is 14.7. The van der Waals surface area contributed by atoms with E-state index in [0.717, 1.165) is 13.1 Å². The van der Waals surface area contributed by atoms with Crippen LogP contribution in [0.5, 0.6) is 0 Å². The fourth-order valence-corrected chi connectivity index (χ4v) is 2.63. The predicted molar refractivity (Wildman–Crippen MR) is 79.7 cm³/mol. The van der Waals surface area contributed by atoms with Gasteiger partial charge in [-0.2, -0.15) is 4.98 Å². The van der Waals surface area contributed by atoms with Gasteiger partial charge in [-0.05, 0) is 12.1 Å². The Hall–Kier alpha value is -2.67. The van der Waals surface area contributed by atoms with E-state index >= 15 is 0 Å². The number of hydrogen-bond donors (Lipinski definition) is 0. The number of hydrogen-bond acceptors (Lipinski definition) is 6. The average molecular weight is 311 g/mol. The van der Waals surface area contributed by atoms with Crippen LogP contribution in [0.4, 0.5) is 4.39 Å². The molecule has 1 saturated heterocycles. The summed E-state index contributed by atoms with van der Waals surface area (Å²) < 4.78 is 18.9. The van der Waals surface area contributed by atoms with Gasteiger partial charge in [-0.25, -0.2) is 14.4 Å². The zero-order chi connectivity index (χ0) is 15.6. The molecule has 1 aliphatic rings. The van der Waals surface area contributed by atoms with Crippen LogP contribution in [0.1, 0.15) is 17.4 Å². The number of halogens is 1. The Morgan fingerprint density at radius 1 is 1.09 bits per heavy atom. The molecule has 3 heterocycles. The highest BCUT2D eigenvalue weighted by molar-refractivity contribution is 5.40. The highest BCUT2D eigenvalue weighted by atomic mass is 19.1. The van der Waals surface area contributed by atoms with Crippen molar-refractivity contribution < 1.29 is 8.91 Å². The topological polar surface area (TPSA) is 67.9 Å². The number of likely N-dealkylation sites (tertiary alicyclic amines) is 1. The lowest BCUT2D eigenvalue weighted by atomic mass is 9.99. The lowest BCUT2D eigenvalue weighted by molar-refractivity contribution is 0.116. The monoisotopic (exact) mass is 311 g/mol. The molecular weight excluding hydrogens is 297 g/mol. The van der Waals surface area contributed by atoms with Gasteiger partial charge in [0.25, 0.3) is 0 Å². The van der Waals surface area contributed by atoms with Crippen LogP contribution in [0.25, 0.3) is 11.6 Å². The third-order valence-electron chi connectivity index (χ3n) is 3.87. The SMILES string of the molecule is Fc1ccccc1CN1CC(c2nc(-c3ncccn3)no2)C1. The Kier molecular flexibility index (Phi) is 3.55. The molecule has 0 unspecified atom stereocenters. The minimum atomic E-state index is -0.169. The van der Waals surface area contributed by atoms with E-state index in [1.807, 2.05) is 6.07 Å². The van der Waals surface area contributed by atoms with Crippen molar-refractivity contribution >= 4 is 0 Å². The molecule has 3 aromatic rings. The minimum absolute atomic E-state index is 0.169. The maximum Gasteiger partial charge on any atom is 0.240 e. The van der Waals surface area contributed by atoms with Crippen molar-refractivity contribution in [1.29, 1.82) is 0 Å². The van der Waals surface area contributed by atoms with E-state index in [2.05, 4.69) is 25.0 Å². The summed E-state index contributed by atoms with van der Waals surface area (Å²) in [7, 11) is 0. The third kappa shape index (κ3) is 2.83. The summed E-state index contributed by atoms with van der Waals surface area (Å²) in [5.41, 5.74) is 0.704. The van der Waals surface area contributed by atoms with E-state index < -0.39 is 0 Å². The van der Waals surface area contributed by atoms with Crippen LogP contribution < -0.4 is 0 Å². The van der Waals surface area contributed by atoms with E-state index in [1.165, 1.54) is 6.07 Å².